The summed E-state index contributed by atoms with van der Waals surface area (Å²) >= 11 is 6.77. The molecule has 2 heterocycles. The number of pyridine rings is 1. The molecule has 0 bridgehead atoms. The number of hydrogen-bond acceptors (Lipinski definition) is 7. The third-order valence-corrected chi connectivity index (χ3v) is 3.08. The van der Waals surface area contributed by atoms with Gasteiger partial charge in [0.05, 0.1) is 4.92 Å². The molecule has 10 heteroatoms. The zero-order valence-corrected chi connectivity index (χ0v) is 11.0. The Kier molecular flexibility index (Phi) is 3.67. The summed E-state index contributed by atoms with van der Waals surface area (Å²) in [4.78, 5) is 25.6. The van der Waals surface area contributed by atoms with Gasteiger partial charge in [-0.15, -0.1) is 10.2 Å². The molecule has 0 aromatic carbocycles. The summed E-state index contributed by atoms with van der Waals surface area (Å²) < 4.78 is 0. The molecule has 8 nitrogen and oxygen atoms in total. The van der Waals surface area contributed by atoms with Crippen molar-refractivity contribution in [2.75, 3.05) is 5.32 Å². The molecule has 98 valence electrons. The van der Waals surface area contributed by atoms with Crippen LogP contribution in [-0.4, -0.2) is 26.0 Å². The zero-order chi connectivity index (χ0) is 14.0. The van der Waals surface area contributed by atoms with Crippen LogP contribution in [0.3, 0.4) is 0 Å². The highest BCUT2D eigenvalue weighted by Gasteiger charge is 2.25. The predicted molar refractivity (Wildman–Crippen MR) is 68.5 cm³/mol. The summed E-state index contributed by atoms with van der Waals surface area (Å²) in [7, 11) is 0. The number of aromatic nitrogens is 3. The summed E-state index contributed by atoms with van der Waals surface area (Å²) in [5.41, 5.74) is -0.722. The number of carbonyl (C=O) groups excluding carboxylic acids is 1. The van der Waals surface area contributed by atoms with E-state index in [0.29, 0.717) is 5.01 Å². The summed E-state index contributed by atoms with van der Waals surface area (Å²) in [6.45, 7) is 1.72. The van der Waals surface area contributed by atoms with Crippen LogP contribution in [0, 0.1) is 17.0 Å². The molecule has 2 aromatic rings. The highest BCUT2D eigenvalue weighted by Crippen LogP contribution is 2.27. The first-order valence-electron chi connectivity index (χ1n) is 4.89. The molecule has 0 aliphatic heterocycles. The number of nitrogens with zero attached hydrogens (tertiary/aromatic N) is 4. The van der Waals surface area contributed by atoms with Gasteiger partial charge in [-0.1, -0.05) is 22.9 Å². The van der Waals surface area contributed by atoms with Crippen LogP contribution in [0.25, 0.3) is 0 Å². The summed E-state index contributed by atoms with van der Waals surface area (Å²) in [6.07, 6.45) is 1.22. The molecule has 0 saturated carbocycles. The van der Waals surface area contributed by atoms with E-state index in [1.165, 1.54) is 12.3 Å². The van der Waals surface area contributed by atoms with Crippen LogP contribution in [0.2, 0.25) is 5.15 Å². The standard InChI is InChI=1S/C9H6ClN5O3S/c1-4-13-14-9(19-4)12-8(16)5-2-3-11-7(10)6(5)15(17)18/h2-3H,1H3,(H,12,14,16). The molecule has 1 amide bonds. The summed E-state index contributed by atoms with van der Waals surface area (Å²) in [5.74, 6) is -0.688. The normalized spacial score (nSPS) is 10.2. The maximum absolute atomic E-state index is 11.9. The van der Waals surface area contributed by atoms with Crippen molar-refractivity contribution in [2.24, 2.45) is 0 Å². The number of nitrogens with one attached hydrogen (secondary N) is 1. The van der Waals surface area contributed by atoms with Crippen molar-refractivity contribution in [3.63, 3.8) is 0 Å². The van der Waals surface area contributed by atoms with Crippen LogP contribution < -0.4 is 5.32 Å². The maximum atomic E-state index is 11.9. The van der Waals surface area contributed by atoms with E-state index in [1.807, 2.05) is 0 Å². The SMILES string of the molecule is Cc1nnc(NC(=O)c2ccnc(Cl)c2[N+](=O)[O-])s1. The number of carbonyl (C=O) groups is 1. The lowest BCUT2D eigenvalue weighted by Crippen LogP contribution is -2.14. The molecule has 2 rings (SSSR count). The summed E-state index contributed by atoms with van der Waals surface area (Å²) in [6, 6.07) is 1.22. The third kappa shape index (κ3) is 2.83. The Hall–Kier alpha value is -2.13. The fourth-order valence-corrected chi connectivity index (χ4v) is 2.11. The summed E-state index contributed by atoms with van der Waals surface area (Å²) in [5, 5.41) is 21.3. The second-order valence-electron chi connectivity index (χ2n) is 3.34. The van der Waals surface area contributed by atoms with Crippen LogP contribution in [0.4, 0.5) is 10.8 Å². The van der Waals surface area contributed by atoms with Gasteiger partial charge in [-0.2, -0.15) is 0 Å². The average molecular weight is 300 g/mol. The average Bonchev–Trinajstić information content (AvgIpc) is 2.73. The van der Waals surface area contributed by atoms with E-state index < -0.39 is 16.5 Å². The van der Waals surface area contributed by atoms with E-state index in [-0.39, 0.29) is 15.8 Å². The minimum Gasteiger partial charge on any atom is -0.296 e. The van der Waals surface area contributed by atoms with Crippen molar-refractivity contribution < 1.29 is 9.72 Å². The van der Waals surface area contributed by atoms with Crippen LogP contribution in [0.15, 0.2) is 12.3 Å². The molecule has 0 spiro atoms. The molecule has 0 fully saturated rings. The molecule has 0 aliphatic carbocycles. The van der Waals surface area contributed by atoms with Gasteiger partial charge in [0.15, 0.2) is 0 Å². The molecule has 2 aromatic heterocycles. The molecule has 0 atom stereocenters. The smallest absolute Gasteiger partial charge is 0.296 e. The highest BCUT2D eigenvalue weighted by molar-refractivity contribution is 7.15. The molecule has 19 heavy (non-hydrogen) atoms. The van der Waals surface area contributed by atoms with E-state index in [9.17, 15) is 14.9 Å². The van der Waals surface area contributed by atoms with Gasteiger partial charge in [0.25, 0.3) is 5.91 Å². The van der Waals surface area contributed by atoms with Gasteiger partial charge in [-0.05, 0) is 13.0 Å². The van der Waals surface area contributed by atoms with Crippen LogP contribution in [-0.2, 0) is 0 Å². The number of aryl methyl sites for hydroxylation is 1. The second-order valence-corrected chi connectivity index (χ2v) is 4.88. The van der Waals surface area contributed by atoms with Crippen LogP contribution in [0.5, 0.6) is 0 Å². The maximum Gasteiger partial charge on any atom is 0.319 e. The Morgan fingerprint density at radius 3 is 2.84 bits per heavy atom. The molecular weight excluding hydrogens is 294 g/mol. The number of hydrogen-bond donors (Lipinski definition) is 1. The van der Waals surface area contributed by atoms with Gasteiger partial charge in [-0.25, -0.2) is 4.98 Å². The third-order valence-electron chi connectivity index (χ3n) is 2.05. The van der Waals surface area contributed by atoms with Gasteiger partial charge in [0.2, 0.25) is 10.3 Å². The number of anilines is 1. The van der Waals surface area contributed by atoms with Gasteiger partial charge >= 0.3 is 5.69 Å². The first-order chi connectivity index (χ1) is 8.99. The second kappa shape index (κ2) is 5.24. The van der Waals surface area contributed by atoms with Crippen molar-refractivity contribution in [1.82, 2.24) is 15.2 Å². The van der Waals surface area contributed by atoms with Gasteiger partial charge < -0.3 is 0 Å². The van der Waals surface area contributed by atoms with E-state index in [4.69, 9.17) is 11.6 Å². The van der Waals surface area contributed by atoms with Crippen LogP contribution in [0.1, 0.15) is 15.4 Å². The Labute approximate surface area is 115 Å². The van der Waals surface area contributed by atoms with Crippen molar-refractivity contribution >= 4 is 39.7 Å². The van der Waals surface area contributed by atoms with E-state index in [0.717, 1.165) is 11.3 Å². The van der Waals surface area contributed by atoms with E-state index in [2.05, 4.69) is 20.5 Å². The Bertz CT molecular complexity index is 659. The van der Waals surface area contributed by atoms with E-state index >= 15 is 0 Å². The number of rotatable bonds is 3. The molecule has 0 aliphatic rings. The highest BCUT2D eigenvalue weighted by atomic mass is 35.5. The van der Waals surface area contributed by atoms with Crippen molar-refractivity contribution in [2.45, 2.75) is 6.92 Å². The Balaban J connectivity index is 2.34. The fourth-order valence-electron chi connectivity index (χ4n) is 1.30. The topological polar surface area (TPSA) is 111 Å². The first-order valence-corrected chi connectivity index (χ1v) is 6.09. The largest absolute Gasteiger partial charge is 0.319 e. The minimum atomic E-state index is -0.754. The van der Waals surface area contributed by atoms with Gasteiger partial charge in [0.1, 0.15) is 10.6 Å². The van der Waals surface area contributed by atoms with Crippen molar-refractivity contribution in [1.29, 1.82) is 0 Å². The Morgan fingerprint density at radius 1 is 1.53 bits per heavy atom. The van der Waals surface area contributed by atoms with Crippen molar-refractivity contribution in [3.8, 4) is 0 Å². The molecule has 0 saturated heterocycles. The number of amides is 1. The first kappa shape index (κ1) is 13.3. The number of halogens is 1. The van der Waals surface area contributed by atoms with E-state index in [1.54, 1.807) is 6.92 Å². The Morgan fingerprint density at radius 2 is 2.26 bits per heavy atom. The lowest BCUT2D eigenvalue weighted by molar-refractivity contribution is -0.385. The van der Waals surface area contributed by atoms with Gasteiger partial charge in [0, 0.05) is 6.20 Å². The minimum absolute atomic E-state index is 0.183. The lowest BCUT2D eigenvalue weighted by Gasteiger charge is -2.02. The van der Waals surface area contributed by atoms with Crippen LogP contribution >= 0.6 is 22.9 Å². The fraction of sp³-hybridized carbons (Fsp3) is 0.111. The predicted octanol–water partition coefficient (Wildman–Crippen LogP) is 2.06. The monoisotopic (exact) mass is 299 g/mol. The molecule has 0 unspecified atom stereocenters. The van der Waals surface area contributed by atoms with Gasteiger partial charge in [-0.3, -0.25) is 20.2 Å². The molecule has 0 radical (unpaired) electrons. The van der Waals surface area contributed by atoms with Crippen molar-refractivity contribution in [3.05, 3.63) is 38.1 Å². The number of nitro groups is 1. The lowest BCUT2D eigenvalue weighted by atomic mass is 10.2. The zero-order valence-electron chi connectivity index (χ0n) is 9.45. The molecular formula is C9H6ClN5O3S. The quantitative estimate of drug-likeness (QED) is 0.527. The molecule has 1 N–H and O–H groups in total.